The van der Waals surface area contributed by atoms with Crippen molar-refractivity contribution in [1.29, 1.82) is 0 Å². The zero-order valence-corrected chi connectivity index (χ0v) is 23.2. The quantitative estimate of drug-likeness (QED) is 0.350. The summed E-state index contributed by atoms with van der Waals surface area (Å²) >= 11 is 0. The van der Waals surface area contributed by atoms with E-state index >= 15 is 0 Å². The molecular formula is C29H39N3O7. The highest BCUT2D eigenvalue weighted by atomic mass is 16.6. The summed E-state index contributed by atoms with van der Waals surface area (Å²) in [5.74, 6) is -1.75. The van der Waals surface area contributed by atoms with Crippen LogP contribution in [0.1, 0.15) is 57.7 Å². The van der Waals surface area contributed by atoms with Crippen LogP contribution in [0.3, 0.4) is 0 Å². The number of alkyl carbamates (subject to hydrolysis) is 1. The van der Waals surface area contributed by atoms with Crippen molar-refractivity contribution in [2.75, 3.05) is 20.2 Å². The van der Waals surface area contributed by atoms with Gasteiger partial charge < -0.3 is 30.1 Å². The van der Waals surface area contributed by atoms with Crippen molar-refractivity contribution in [3.63, 3.8) is 0 Å². The fourth-order valence-electron chi connectivity index (χ4n) is 3.85. The molecule has 2 aromatic carbocycles. The van der Waals surface area contributed by atoms with E-state index < -0.39 is 41.6 Å². The lowest BCUT2D eigenvalue weighted by Gasteiger charge is -2.34. The molecule has 0 aliphatic rings. The molecule has 3 N–H and O–H groups in total. The summed E-state index contributed by atoms with van der Waals surface area (Å²) in [6, 6.07) is 12.9. The zero-order chi connectivity index (χ0) is 29.0. The number of benzene rings is 2. The van der Waals surface area contributed by atoms with Crippen LogP contribution in [0.5, 0.6) is 5.75 Å². The molecule has 0 heterocycles. The molecule has 2 unspecified atom stereocenters. The van der Waals surface area contributed by atoms with Crippen molar-refractivity contribution in [3.8, 4) is 5.75 Å². The first-order chi connectivity index (χ1) is 18.4. The van der Waals surface area contributed by atoms with Gasteiger partial charge in [-0.2, -0.15) is 0 Å². The Morgan fingerprint density at radius 1 is 1.00 bits per heavy atom. The molecule has 212 valence electrons. The third-order valence-corrected chi connectivity index (χ3v) is 5.71. The average Bonchev–Trinajstić information content (AvgIpc) is 2.89. The highest BCUT2D eigenvalue weighted by Gasteiger charge is 2.36. The van der Waals surface area contributed by atoms with E-state index in [-0.39, 0.29) is 25.3 Å². The highest BCUT2D eigenvalue weighted by molar-refractivity contribution is 5.93. The third kappa shape index (κ3) is 10.3. The fraction of sp³-hybridized carbons (Fsp3) is 0.448. The van der Waals surface area contributed by atoms with Crippen LogP contribution in [0.25, 0.3) is 0 Å². The smallest absolute Gasteiger partial charge is 0.408 e. The second-order valence-corrected chi connectivity index (χ2v) is 10.1. The number of methoxy groups -OCH3 is 1. The van der Waals surface area contributed by atoms with Crippen molar-refractivity contribution >= 4 is 23.9 Å². The number of aromatic hydroxyl groups is 1. The topological polar surface area (TPSA) is 134 Å². The summed E-state index contributed by atoms with van der Waals surface area (Å²) in [4.78, 5) is 53.5. The van der Waals surface area contributed by atoms with E-state index in [9.17, 15) is 24.3 Å². The molecule has 2 atom stereocenters. The summed E-state index contributed by atoms with van der Waals surface area (Å²) < 4.78 is 10.1. The van der Waals surface area contributed by atoms with Crippen molar-refractivity contribution in [2.24, 2.45) is 0 Å². The molecule has 0 radical (unpaired) electrons. The van der Waals surface area contributed by atoms with Crippen molar-refractivity contribution in [2.45, 2.75) is 64.6 Å². The Balaban J connectivity index is 2.51. The van der Waals surface area contributed by atoms with Gasteiger partial charge in [0.15, 0.2) is 0 Å². The van der Waals surface area contributed by atoms with Crippen LogP contribution in [-0.2, 0) is 30.3 Å². The molecule has 0 fully saturated rings. The monoisotopic (exact) mass is 541 g/mol. The van der Waals surface area contributed by atoms with Gasteiger partial charge in [-0.05, 0) is 50.5 Å². The van der Waals surface area contributed by atoms with Crippen LogP contribution in [-0.4, -0.2) is 65.7 Å². The Morgan fingerprint density at radius 3 is 2.21 bits per heavy atom. The van der Waals surface area contributed by atoms with E-state index in [4.69, 9.17) is 4.74 Å². The van der Waals surface area contributed by atoms with E-state index in [1.54, 1.807) is 20.8 Å². The number of hydrogen-bond donors (Lipinski definition) is 3. The number of phenols is 1. The molecule has 3 amide bonds. The van der Waals surface area contributed by atoms with E-state index in [0.717, 1.165) is 12.0 Å². The van der Waals surface area contributed by atoms with Gasteiger partial charge in [-0.1, -0.05) is 55.8 Å². The minimum atomic E-state index is -1.15. The maximum atomic E-state index is 14.2. The molecule has 0 saturated carbocycles. The van der Waals surface area contributed by atoms with Gasteiger partial charge in [-0.3, -0.25) is 14.4 Å². The minimum absolute atomic E-state index is 0.00699. The molecule has 0 aromatic heterocycles. The predicted molar refractivity (Wildman–Crippen MR) is 146 cm³/mol. The van der Waals surface area contributed by atoms with Crippen LogP contribution in [0.15, 0.2) is 54.6 Å². The first-order valence-electron chi connectivity index (χ1n) is 12.9. The normalized spacial score (nSPS) is 12.5. The highest BCUT2D eigenvalue weighted by Crippen LogP contribution is 2.25. The van der Waals surface area contributed by atoms with E-state index in [1.807, 2.05) is 37.3 Å². The number of nitrogens with one attached hydrogen (secondary N) is 2. The van der Waals surface area contributed by atoms with Crippen molar-refractivity contribution < 1.29 is 33.8 Å². The molecular weight excluding hydrogens is 502 g/mol. The van der Waals surface area contributed by atoms with Crippen LogP contribution < -0.4 is 10.6 Å². The summed E-state index contributed by atoms with van der Waals surface area (Å²) in [6.45, 7) is 6.94. The second-order valence-electron chi connectivity index (χ2n) is 10.1. The Bertz CT molecular complexity index is 1100. The number of carbonyl (C=O) groups excluding carboxylic acids is 4. The van der Waals surface area contributed by atoms with Crippen LogP contribution >= 0.6 is 0 Å². The maximum absolute atomic E-state index is 14.2. The molecule has 39 heavy (non-hydrogen) atoms. The second kappa shape index (κ2) is 14.8. The maximum Gasteiger partial charge on any atom is 0.408 e. The Hall–Kier alpha value is -4.08. The summed E-state index contributed by atoms with van der Waals surface area (Å²) in [5, 5.41) is 15.0. The number of ether oxygens (including phenoxy) is 2. The average molecular weight is 542 g/mol. The minimum Gasteiger partial charge on any atom is -0.508 e. The number of nitrogens with zero attached hydrogens (tertiary/aromatic N) is 1. The van der Waals surface area contributed by atoms with Gasteiger partial charge >= 0.3 is 12.1 Å². The SMILES string of the molecule is CCCCN(C(=O)C(Cc1ccccc1)NC(=O)OC(C)(C)C)C(C(=O)NCC(=O)OC)c1ccc(O)cc1. The number of unbranched alkanes of at least 4 members (excludes halogenated alkanes) is 1. The molecule has 10 nitrogen and oxygen atoms in total. The number of carbonyl (C=O) groups is 4. The lowest BCUT2D eigenvalue weighted by Crippen LogP contribution is -2.54. The third-order valence-electron chi connectivity index (χ3n) is 5.71. The lowest BCUT2D eigenvalue weighted by atomic mass is 9.99. The van der Waals surface area contributed by atoms with Gasteiger partial charge in [-0.25, -0.2) is 4.79 Å². The largest absolute Gasteiger partial charge is 0.508 e. The molecule has 2 aromatic rings. The Kier molecular flexibility index (Phi) is 11.8. The van der Waals surface area contributed by atoms with Gasteiger partial charge in [0.25, 0.3) is 0 Å². The molecule has 0 bridgehead atoms. The summed E-state index contributed by atoms with van der Waals surface area (Å²) in [5.41, 5.74) is 0.448. The molecule has 0 aliphatic heterocycles. The molecule has 10 heteroatoms. The lowest BCUT2D eigenvalue weighted by molar-refractivity contribution is -0.144. The van der Waals surface area contributed by atoms with Crippen LogP contribution in [0.4, 0.5) is 4.79 Å². The van der Waals surface area contributed by atoms with Crippen LogP contribution in [0, 0.1) is 0 Å². The summed E-state index contributed by atoms with van der Waals surface area (Å²) in [6.07, 6.45) is 0.713. The first kappa shape index (κ1) is 31.1. The van der Waals surface area contributed by atoms with Gasteiger partial charge in [0, 0.05) is 13.0 Å². The molecule has 0 aliphatic carbocycles. The van der Waals surface area contributed by atoms with Gasteiger partial charge in [0.05, 0.1) is 7.11 Å². The Labute approximate surface area is 229 Å². The van der Waals surface area contributed by atoms with Crippen LogP contribution in [0.2, 0.25) is 0 Å². The number of rotatable bonds is 12. The fourth-order valence-corrected chi connectivity index (χ4v) is 3.85. The Morgan fingerprint density at radius 2 is 1.64 bits per heavy atom. The molecule has 0 spiro atoms. The van der Waals surface area contributed by atoms with E-state index in [1.165, 1.54) is 36.3 Å². The van der Waals surface area contributed by atoms with Crippen molar-refractivity contribution in [3.05, 3.63) is 65.7 Å². The predicted octanol–water partition coefficient (Wildman–Crippen LogP) is 3.49. The van der Waals surface area contributed by atoms with Crippen molar-refractivity contribution in [1.82, 2.24) is 15.5 Å². The van der Waals surface area contributed by atoms with Gasteiger partial charge in [0.1, 0.15) is 30.0 Å². The van der Waals surface area contributed by atoms with Gasteiger partial charge in [-0.15, -0.1) is 0 Å². The molecule has 2 rings (SSSR count). The molecule has 0 saturated heterocycles. The number of phenolic OH excluding ortho intramolecular Hbond substituents is 1. The van der Waals surface area contributed by atoms with Gasteiger partial charge in [0.2, 0.25) is 11.8 Å². The number of esters is 1. The van der Waals surface area contributed by atoms with E-state index in [0.29, 0.717) is 12.0 Å². The number of amides is 3. The zero-order valence-electron chi connectivity index (χ0n) is 23.2. The number of hydrogen-bond acceptors (Lipinski definition) is 7. The first-order valence-corrected chi connectivity index (χ1v) is 12.9. The summed E-state index contributed by atoms with van der Waals surface area (Å²) in [7, 11) is 1.21. The van der Waals surface area contributed by atoms with E-state index in [2.05, 4.69) is 15.4 Å². The standard InChI is InChI=1S/C29H39N3O7/c1-6-7-17-32(25(21-13-15-22(33)16-14-21)26(35)30-19-24(34)38-5)27(36)23(18-20-11-9-8-10-12-20)31-28(37)39-29(2,3)4/h8-16,23,25,33H,6-7,17-19H2,1-5H3,(H,30,35)(H,31,37).